The number of aromatic amines is 2. The van der Waals surface area contributed by atoms with Crippen molar-refractivity contribution >= 4 is 34.9 Å². The summed E-state index contributed by atoms with van der Waals surface area (Å²) in [4.78, 5) is 8.08. The van der Waals surface area contributed by atoms with Gasteiger partial charge in [0.05, 0.1) is 16.7 Å². The van der Waals surface area contributed by atoms with Crippen molar-refractivity contribution in [2.45, 2.75) is 13.3 Å². The van der Waals surface area contributed by atoms with Crippen LogP contribution in [0.15, 0.2) is 58.5 Å². The zero-order valence-electron chi connectivity index (χ0n) is 16.8. The molecule has 0 saturated heterocycles. The minimum absolute atomic E-state index is 0.834. The molecule has 3 N–H and O–H groups in total. The van der Waals surface area contributed by atoms with Crippen molar-refractivity contribution in [2.24, 2.45) is 0 Å². The Morgan fingerprint density at radius 1 is 1.27 bits per heavy atom. The highest BCUT2D eigenvalue weighted by Gasteiger charge is 2.12. The van der Waals surface area contributed by atoms with Crippen LogP contribution in [0.2, 0.25) is 0 Å². The molecule has 1 aliphatic heterocycles. The number of H-pyrrole nitrogens is 2. The first-order chi connectivity index (χ1) is 14.7. The fourth-order valence-electron chi connectivity index (χ4n) is 3.85. The fourth-order valence-corrected chi connectivity index (χ4v) is 4.49. The molecule has 4 aromatic rings. The molecule has 0 fully saturated rings. The molecule has 0 saturated carbocycles. The van der Waals surface area contributed by atoms with Gasteiger partial charge in [0.15, 0.2) is 0 Å². The maximum Gasteiger partial charge on any atom is 0.116 e. The molecular formula is C24H23N5S. The molecule has 6 heteroatoms. The van der Waals surface area contributed by atoms with Crippen LogP contribution in [-0.2, 0) is 0 Å². The SMILES string of the molecule is C=c1c(-c2cc3c(-c4ccsc4)nccc3[nH]2)n[nH]/c1=C/C=C(\C)C1=CCNCC1. The third kappa shape index (κ3) is 3.44. The summed E-state index contributed by atoms with van der Waals surface area (Å²) in [5.74, 6) is 0. The van der Waals surface area contributed by atoms with E-state index >= 15 is 0 Å². The van der Waals surface area contributed by atoms with Gasteiger partial charge in [-0.1, -0.05) is 18.7 Å². The molecule has 0 atom stereocenters. The molecule has 0 aliphatic carbocycles. The quantitative estimate of drug-likeness (QED) is 0.477. The third-order valence-corrected chi connectivity index (χ3v) is 6.25. The first-order valence-corrected chi connectivity index (χ1v) is 11.0. The van der Waals surface area contributed by atoms with Crippen LogP contribution >= 0.6 is 11.3 Å². The van der Waals surface area contributed by atoms with Crippen LogP contribution in [0.5, 0.6) is 0 Å². The van der Waals surface area contributed by atoms with E-state index in [-0.39, 0.29) is 0 Å². The number of aromatic nitrogens is 4. The van der Waals surface area contributed by atoms with E-state index < -0.39 is 0 Å². The Morgan fingerprint density at radius 2 is 2.20 bits per heavy atom. The predicted molar refractivity (Wildman–Crippen MR) is 126 cm³/mol. The lowest BCUT2D eigenvalue weighted by atomic mass is 10.0. The van der Waals surface area contributed by atoms with Crippen LogP contribution in [0.1, 0.15) is 13.3 Å². The number of nitrogens with one attached hydrogen (secondary N) is 3. The second kappa shape index (κ2) is 7.89. The molecule has 1 aliphatic rings. The van der Waals surface area contributed by atoms with Gasteiger partial charge in [-0.25, -0.2) is 0 Å². The minimum atomic E-state index is 0.834. The fraction of sp³-hybridized carbons (Fsp3) is 0.167. The second-order valence-electron chi connectivity index (χ2n) is 7.48. The van der Waals surface area contributed by atoms with E-state index in [0.29, 0.717) is 0 Å². The van der Waals surface area contributed by atoms with Gasteiger partial charge in [0.1, 0.15) is 5.69 Å². The number of fused-ring (bicyclic) bond motifs is 1. The molecule has 0 unspecified atom stereocenters. The van der Waals surface area contributed by atoms with Gasteiger partial charge in [-0.2, -0.15) is 16.4 Å². The number of hydrogen-bond acceptors (Lipinski definition) is 4. The number of rotatable bonds is 4. The van der Waals surface area contributed by atoms with Crippen molar-refractivity contribution < 1.29 is 0 Å². The van der Waals surface area contributed by atoms with Crippen LogP contribution in [-0.4, -0.2) is 33.3 Å². The largest absolute Gasteiger partial charge is 0.353 e. The highest BCUT2D eigenvalue weighted by atomic mass is 32.1. The van der Waals surface area contributed by atoms with Gasteiger partial charge < -0.3 is 10.3 Å². The van der Waals surface area contributed by atoms with E-state index in [1.165, 1.54) is 11.1 Å². The maximum atomic E-state index is 4.60. The molecule has 5 rings (SSSR count). The molecule has 0 bridgehead atoms. The van der Waals surface area contributed by atoms with Gasteiger partial charge >= 0.3 is 0 Å². The molecule has 0 spiro atoms. The minimum Gasteiger partial charge on any atom is -0.353 e. The van der Waals surface area contributed by atoms with Crippen LogP contribution in [0.25, 0.3) is 46.2 Å². The molecule has 5 nitrogen and oxygen atoms in total. The van der Waals surface area contributed by atoms with Crippen molar-refractivity contribution in [3.8, 4) is 22.6 Å². The van der Waals surface area contributed by atoms with Gasteiger partial charge in [-0.3, -0.25) is 10.1 Å². The Kier molecular flexibility index (Phi) is 4.94. The topological polar surface area (TPSA) is 69.4 Å². The normalized spacial score (nSPS) is 15.7. The first-order valence-electron chi connectivity index (χ1n) is 10.0. The van der Waals surface area contributed by atoms with Gasteiger partial charge in [0.25, 0.3) is 0 Å². The summed E-state index contributed by atoms with van der Waals surface area (Å²) in [6.07, 6.45) is 9.38. The molecule has 0 radical (unpaired) electrons. The summed E-state index contributed by atoms with van der Waals surface area (Å²) in [5, 5.41) is 18.1. The van der Waals surface area contributed by atoms with E-state index in [0.717, 1.165) is 63.6 Å². The monoisotopic (exact) mass is 413 g/mol. The smallest absolute Gasteiger partial charge is 0.116 e. The van der Waals surface area contributed by atoms with E-state index in [4.69, 9.17) is 0 Å². The number of thiophene rings is 1. The Labute approximate surface area is 178 Å². The van der Waals surface area contributed by atoms with Crippen LogP contribution in [0.3, 0.4) is 0 Å². The summed E-state index contributed by atoms with van der Waals surface area (Å²) in [6.45, 7) is 8.41. The van der Waals surface area contributed by atoms with E-state index in [2.05, 4.69) is 80.1 Å². The maximum absolute atomic E-state index is 4.60. The lowest BCUT2D eigenvalue weighted by Crippen LogP contribution is -2.22. The standard InChI is InChI=1S/C24H23N5S/c1-15(17-5-9-25-10-6-17)3-4-20-16(2)23(29-28-20)22-13-19-21(27-22)7-11-26-24(19)18-8-12-30-14-18/h3-5,7-8,11-14,25,27-28H,2,6,9-10H2,1H3/b15-3+,20-4+. The number of pyridine rings is 1. The Bertz CT molecular complexity index is 1370. The van der Waals surface area contributed by atoms with Gasteiger partial charge in [0.2, 0.25) is 0 Å². The average Bonchev–Trinajstić information content (AvgIpc) is 3.52. The van der Waals surface area contributed by atoms with Crippen molar-refractivity contribution in [1.29, 1.82) is 0 Å². The zero-order valence-corrected chi connectivity index (χ0v) is 17.6. The summed E-state index contributed by atoms with van der Waals surface area (Å²) in [7, 11) is 0. The highest BCUT2D eigenvalue weighted by molar-refractivity contribution is 7.08. The van der Waals surface area contributed by atoms with E-state index in [1.807, 2.05) is 12.3 Å². The Morgan fingerprint density at radius 3 is 3.00 bits per heavy atom. The summed E-state index contributed by atoms with van der Waals surface area (Å²) in [5.41, 5.74) is 7.62. The zero-order chi connectivity index (χ0) is 20.5. The van der Waals surface area contributed by atoms with Crippen molar-refractivity contribution in [3.63, 3.8) is 0 Å². The lowest BCUT2D eigenvalue weighted by Gasteiger charge is -2.13. The molecule has 0 aromatic carbocycles. The molecule has 0 amide bonds. The predicted octanol–water partition coefficient (Wildman–Crippen LogP) is 3.74. The van der Waals surface area contributed by atoms with Gasteiger partial charge in [0, 0.05) is 39.8 Å². The van der Waals surface area contributed by atoms with Gasteiger partial charge in [-0.15, -0.1) is 0 Å². The van der Waals surface area contributed by atoms with E-state index in [1.54, 1.807) is 11.3 Å². The molecule has 4 aromatic heterocycles. The second-order valence-corrected chi connectivity index (χ2v) is 8.26. The number of allylic oxidation sites excluding steroid dienone is 2. The van der Waals surface area contributed by atoms with Crippen molar-refractivity contribution in [2.75, 3.05) is 13.1 Å². The van der Waals surface area contributed by atoms with E-state index in [9.17, 15) is 0 Å². The molecule has 5 heterocycles. The van der Waals surface area contributed by atoms with Crippen molar-refractivity contribution in [1.82, 2.24) is 25.5 Å². The molecule has 150 valence electrons. The van der Waals surface area contributed by atoms with Crippen LogP contribution < -0.4 is 15.9 Å². The van der Waals surface area contributed by atoms with Crippen LogP contribution in [0, 0.1) is 0 Å². The lowest BCUT2D eigenvalue weighted by molar-refractivity contribution is 0.707. The number of hydrogen-bond donors (Lipinski definition) is 3. The van der Waals surface area contributed by atoms with Crippen LogP contribution in [0.4, 0.5) is 0 Å². The van der Waals surface area contributed by atoms with Gasteiger partial charge in [-0.05, 0) is 60.7 Å². The summed E-state index contributed by atoms with van der Waals surface area (Å²) >= 11 is 1.68. The molecular weight excluding hydrogens is 390 g/mol. The average molecular weight is 414 g/mol. The molecule has 30 heavy (non-hydrogen) atoms. The Hall–Kier alpha value is -3.22. The summed E-state index contributed by atoms with van der Waals surface area (Å²) < 4.78 is 0. The first kappa shape index (κ1) is 18.8. The summed E-state index contributed by atoms with van der Waals surface area (Å²) in [6, 6.07) is 6.21. The number of nitrogens with zero attached hydrogens (tertiary/aromatic N) is 2. The third-order valence-electron chi connectivity index (χ3n) is 5.57. The van der Waals surface area contributed by atoms with Crippen molar-refractivity contribution in [3.05, 3.63) is 69.0 Å². The highest BCUT2D eigenvalue weighted by Crippen LogP contribution is 2.30. The Balaban J connectivity index is 1.53.